The molecule has 1 fully saturated rings. The molecule has 1 aromatic rings. The van der Waals surface area contributed by atoms with Crippen LogP contribution in [0.3, 0.4) is 0 Å². The second-order valence-electron chi connectivity index (χ2n) is 5.70. The molecule has 2 rings (SSSR count). The van der Waals surface area contributed by atoms with E-state index in [2.05, 4.69) is 5.32 Å². The van der Waals surface area contributed by atoms with Gasteiger partial charge in [0.1, 0.15) is 0 Å². The summed E-state index contributed by atoms with van der Waals surface area (Å²) in [6.07, 6.45) is 2.51. The number of carboxylic acid groups (broad SMARTS) is 1. The molecule has 1 aromatic carbocycles. The van der Waals surface area contributed by atoms with E-state index in [1.54, 1.807) is 24.3 Å². The second-order valence-corrected chi connectivity index (χ2v) is 7.68. The molecular formula is C15H20N2O5S. The van der Waals surface area contributed by atoms with Gasteiger partial charge in [0.05, 0.1) is 12.7 Å². The van der Waals surface area contributed by atoms with Gasteiger partial charge in [-0.1, -0.05) is 12.1 Å². The Kier molecular flexibility index (Phi) is 5.38. The molecule has 8 heteroatoms. The highest BCUT2D eigenvalue weighted by Gasteiger charge is 2.26. The van der Waals surface area contributed by atoms with Crippen molar-refractivity contribution in [3.63, 3.8) is 0 Å². The van der Waals surface area contributed by atoms with Crippen molar-refractivity contribution in [1.82, 2.24) is 9.62 Å². The summed E-state index contributed by atoms with van der Waals surface area (Å²) in [5, 5.41) is 11.6. The molecule has 1 aliphatic heterocycles. The lowest BCUT2D eigenvalue weighted by atomic mass is 10.1. The fourth-order valence-electron chi connectivity index (χ4n) is 2.58. The van der Waals surface area contributed by atoms with Crippen LogP contribution >= 0.6 is 0 Å². The highest BCUT2D eigenvalue weighted by Crippen LogP contribution is 2.14. The number of hydrogen-bond donors (Lipinski definition) is 2. The minimum Gasteiger partial charge on any atom is -0.481 e. The molecule has 1 amide bonds. The number of piperidine rings is 1. The summed E-state index contributed by atoms with van der Waals surface area (Å²) in [6, 6.07) is 6.14. The van der Waals surface area contributed by atoms with Crippen LogP contribution in [0.15, 0.2) is 24.3 Å². The van der Waals surface area contributed by atoms with Gasteiger partial charge in [0.15, 0.2) is 0 Å². The van der Waals surface area contributed by atoms with Crippen LogP contribution in [0.2, 0.25) is 0 Å². The van der Waals surface area contributed by atoms with Crippen molar-refractivity contribution in [1.29, 1.82) is 0 Å². The highest BCUT2D eigenvalue weighted by molar-refractivity contribution is 7.88. The van der Waals surface area contributed by atoms with Crippen LogP contribution in [0.25, 0.3) is 0 Å². The summed E-state index contributed by atoms with van der Waals surface area (Å²) >= 11 is 0. The van der Waals surface area contributed by atoms with Crippen LogP contribution < -0.4 is 5.32 Å². The largest absolute Gasteiger partial charge is 0.481 e. The maximum absolute atomic E-state index is 12.2. The number of hydrogen-bond acceptors (Lipinski definition) is 4. The van der Waals surface area contributed by atoms with Gasteiger partial charge in [-0.2, -0.15) is 0 Å². The molecule has 0 spiro atoms. The molecule has 0 radical (unpaired) electrons. The molecule has 7 nitrogen and oxygen atoms in total. The van der Waals surface area contributed by atoms with E-state index in [9.17, 15) is 18.0 Å². The minimum atomic E-state index is -3.25. The maximum atomic E-state index is 12.2. The van der Waals surface area contributed by atoms with Gasteiger partial charge >= 0.3 is 5.97 Å². The molecule has 1 heterocycles. The quantitative estimate of drug-likeness (QED) is 0.811. The lowest BCUT2D eigenvalue weighted by Crippen LogP contribution is -2.49. The second kappa shape index (κ2) is 7.10. The Bertz CT molecular complexity index is 684. The minimum absolute atomic E-state index is 0.0894. The van der Waals surface area contributed by atoms with Gasteiger partial charge in [-0.25, -0.2) is 12.7 Å². The van der Waals surface area contributed by atoms with Gasteiger partial charge in [0.25, 0.3) is 5.91 Å². The lowest BCUT2D eigenvalue weighted by Gasteiger charge is -2.31. The predicted octanol–water partition coefficient (Wildman–Crippen LogP) is 0.468. The van der Waals surface area contributed by atoms with Crippen LogP contribution in [0.5, 0.6) is 0 Å². The Morgan fingerprint density at radius 2 is 1.96 bits per heavy atom. The number of nitrogens with one attached hydrogen (secondary N) is 1. The molecular weight excluding hydrogens is 320 g/mol. The van der Waals surface area contributed by atoms with Crippen LogP contribution in [0.1, 0.15) is 28.8 Å². The molecule has 126 valence electrons. The van der Waals surface area contributed by atoms with Crippen molar-refractivity contribution < 1.29 is 23.1 Å². The highest BCUT2D eigenvalue weighted by atomic mass is 32.2. The summed E-state index contributed by atoms with van der Waals surface area (Å²) in [6.45, 7) is 0.761. The van der Waals surface area contributed by atoms with E-state index in [1.165, 1.54) is 10.6 Å². The van der Waals surface area contributed by atoms with Gasteiger partial charge in [-0.3, -0.25) is 9.59 Å². The van der Waals surface area contributed by atoms with Gasteiger partial charge < -0.3 is 10.4 Å². The molecule has 1 saturated heterocycles. The molecule has 23 heavy (non-hydrogen) atoms. The topological polar surface area (TPSA) is 104 Å². The Balaban J connectivity index is 1.97. The van der Waals surface area contributed by atoms with E-state index < -0.39 is 16.0 Å². The van der Waals surface area contributed by atoms with Crippen LogP contribution in [-0.2, 0) is 21.2 Å². The van der Waals surface area contributed by atoms with Crippen molar-refractivity contribution in [2.45, 2.75) is 25.3 Å². The molecule has 0 aliphatic carbocycles. The summed E-state index contributed by atoms with van der Waals surface area (Å²) < 4.78 is 24.5. The van der Waals surface area contributed by atoms with Crippen LogP contribution in [0, 0.1) is 0 Å². The SMILES string of the molecule is CS(=O)(=O)N1CCCC(NC(=O)c2ccc(CC(=O)O)cc2)C1. The Hall–Kier alpha value is -1.93. The van der Waals surface area contributed by atoms with E-state index in [0.29, 0.717) is 24.1 Å². The molecule has 2 N–H and O–H groups in total. The predicted molar refractivity (Wildman–Crippen MR) is 84.7 cm³/mol. The number of carboxylic acids is 1. The van der Waals surface area contributed by atoms with Crippen LogP contribution in [0.4, 0.5) is 0 Å². The van der Waals surface area contributed by atoms with E-state index in [-0.39, 0.29) is 24.9 Å². The number of benzene rings is 1. The zero-order valence-corrected chi connectivity index (χ0v) is 13.7. The van der Waals surface area contributed by atoms with Gasteiger partial charge in [-0.15, -0.1) is 0 Å². The molecule has 0 bridgehead atoms. The third kappa shape index (κ3) is 5.04. The van der Waals surface area contributed by atoms with E-state index in [4.69, 9.17) is 5.11 Å². The molecule has 1 unspecified atom stereocenters. The Labute approximate surface area is 135 Å². The first-order valence-corrected chi connectivity index (χ1v) is 9.17. The number of nitrogens with zero attached hydrogens (tertiary/aromatic N) is 1. The van der Waals surface area contributed by atoms with Gasteiger partial charge in [-0.05, 0) is 30.5 Å². The first-order valence-electron chi connectivity index (χ1n) is 7.32. The zero-order chi connectivity index (χ0) is 17.0. The maximum Gasteiger partial charge on any atom is 0.307 e. The summed E-state index contributed by atoms with van der Waals surface area (Å²) in [4.78, 5) is 22.8. The van der Waals surface area contributed by atoms with Gasteiger partial charge in [0, 0.05) is 24.7 Å². The number of carbonyl (C=O) groups is 2. The van der Waals surface area contributed by atoms with E-state index in [1.807, 2.05) is 0 Å². The summed E-state index contributed by atoms with van der Waals surface area (Å²) in [5.74, 6) is -1.21. The smallest absolute Gasteiger partial charge is 0.307 e. The monoisotopic (exact) mass is 340 g/mol. The van der Waals surface area contributed by atoms with Crippen LogP contribution in [-0.4, -0.2) is 55.1 Å². The molecule has 1 atom stereocenters. The number of carbonyl (C=O) groups excluding carboxylic acids is 1. The van der Waals surface area contributed by atoms with Crippen molar-refractivity contribution in [2.24, 2.45) is 0 Å². The van der Waals surface area contributed by atoms with Crippen molar-refractivity contribution in [2.75, 3.05) is 19.3 Å². The molecule has 0 saturated carbocycles. The summed E-state index contributed by atoms with van der Waals surface area (Å²) in [7, 11) is -3.25. The molecule has 0 aromatic heterocycles. The standard InChI is InChI=1S/C15H20N2O5S/c1-23(21,22)17-8-2-3-13(10-17)16-15(20)12-6-4-11(5-7-12)9-14(18)19/h4-7,13H,2-3,8-10H2,1H3,(H,16,20)(H,18,19). The Morgan fingerprint density at radius 3 is 2.52 bits per heavy atom. The Morgan fingerprint density at radius 1 is 1.30 bits per heavy atom. The van der Waals surface area contributed by atoms with Gasteiger partial charge in [0.2, 0.25) is 10.0 Å². The summed E-state index contributed by atoms with van der Waals surface area (Å²) in [5.41, 5.74) is 1.05. The normalized spacial score (nSPS) is 19.3. The van der Waals surface area contributed by atoms with E-state index >= 15 is 0 Å². The first kappa shape index (κ1) is 17.4. The lowest BCUT2D eigenvalue weighted by molar-refractivity contribution is -0.136. The first-order chi connectivity index (χ1) is 10.8. The molecule has 1 aliphatic rings. The average molecular weight is 340 g/mol. The fourth-order valence-corrected chi connectivity index (χ4v) is 3.49. The number of sulfonamides is 1. The number of amides is 1. The third-order valence-electron chi connectivity index (χ3n) is 3.76. The van der Waals surface area contributed by atoms with Crippen molar-refractivity contribution in [3.8, 4) is 0 Å². The number of rotatable bonds is 5. The van der Waals surface area contributed by atoms with Crippen molar-refractivity contribution >= 4 is 21.9 Å². The van der Waals surface area contributed by atoms with E-state index in [0.717, 1.165) is 6.42 Å². The average Bonchev–Trinajstić information content (AvgIpc) is 2.46. The number of aliphatic carboxylic acids is 1. The fraction of sp³-hybridized carbons (Fsp3) is 0.467. The van der Waals surface area contributed by atoms with Crippen molar-refractivity contribution in [3.05, 3.63) is 35.4 Å². The third-order valence-corrected chi connectivity index (χ3v) is 5.03. The zero-order valence-electron chi connectivity index (χ0n) is 12.9.